The number of aldehydes is 1. The van der Waals surface area contributed by atoms with Gasteiger partial charge in [0.05, 0.1) is 6.61 Å². The number of carbonyl (C=O) groups is 1. The van der Waals surface area contributed by atoms with Crippen molar-refractivity contribution in [3.8, 4) is 0 Å². The van der Waals surface area contributed by atoms with Gasteiger partial charge in [0.1, 0.15) is 6.29 Å². The number of hydrogen-bond donors (Lipinski definition) is 0. The van der Waals surface area contributed by atoms with Crippen molar-refractivity contribution in [2.45, 2.75) is 0 Å². The van der Waals surface area contributed by atoms with Gasteiger partial charge in [0.15, 0.2) is 0 Å². The summed E-state index contributed by atoms with van der Waals surface area (Å²) in [6.45, 7) is 0.978. The lowest BCUT2D eigenvalue weighted by Crippen LogP contribution is -3.10. The van der Waals surface area contributed by atoms with E-state index in [1.807, 2.05) is 7.11 Å². The smallest absolute Gasteiger partial charge is 0.127 e. The van der Waals surface area contributed by atoms with E-state index in [0.29, 0.717) is 5.41 Å². The number of methoxy groups -OCH3 is 1. The van der Waals surface area contributed by atoms with Gasteiger partial charge < -0.3 is 9.53 Å². The van der Waals surface area contributed by atoms with Crippen molar-refractivity contribution in [1.82, 2.24) is 0 Å². The van der Waals surface area contributed by atoms with Gasteiger partial charge >= 0.3 is 0 Å². The van der Waals surface area contributed by atoms with Crippen LogP contribution in [-0.4, -0.2) is 20.0 Å². The topological polar surface area (TPSA) is 26.3 Å². The Bertz CT molecular complexity index is 306. The van der Waals surface area contributed by atoms with E-state index in [2.05, 4.69) is 0 Å². The van der Waals surface area contributed by atoms with E-state index in [9.17, 15) is 4.79 Å². The van der Waals surface area contributed by atoms with Gasteiger partial charge in [-0.2, -0.15) is 0 Å². The first-order valence-corrected chi connectivity index (χ1v) is 5.31. The molecule has 13 heavy (non-hydrogen) atoms. The third kappa shape index (κ3) is 0.243. The number of hydrogen-bond acceptors (Lipinski definition) is 2. The fourth-order valence-corrected chi connectivity index (χ4v) is 6.61. The Morgan fingerprint density at radius 3 is 2.08 bits per heavy atom. The second-order valence-electron chi connectivity index (χ2n) is 5.82. The minimum Gasteiger partial charge on any atom is -0.384 e. The third-order valence-corrected chi connectivity index (χ3v) is 6.51. The Morgan fingerprint density at radius 1 is 1.15 bits per heavy atom. The molecular weight excluding hydrogens is 164 g/mol. The second kappa shape index (κ2) is 1.23. The zero-order valence-corrected chi connectivity index (χ0v) is 7.57. The van der Waals surface area contributed by atoms with E-state index in [4.69, 9.17) is 4.74 Å². The lowest BCUT2D eigenvalue weighted by atomic mass is 8.92. The molecular formula is C11H12O2. The molecule has 6 saturated carbocycles. The van der Waals surface area contributed by atoms with Crippen LogP contribution in [0.4, 0.5) is 0 Å². The molecule has 6 aliphatic rings. The van der Waals surface area contributed by atoms with Crippen LogP contribution in [0.2, 0.25) is 0 Å². The van der Waals surface area contributed by atoms with Crippen molar-refractivity contribution < 1.29 is 9.53 Å². The van der Waals surface area contributed by atoms with Gasteiger partial charge in [-0.05, 0) is 35.5 Å². The average Bonchev–Trinajstić information content (AvgIpc) is 2.19. The van der Waals surface area contributed by atoms with Crippen molar-refractivity contribution in [3.63, 3.8) is 0 Å². The highest BCUT2D eigenvalue weighted by Crippen LogP contribution is 3.09. The van der Waals surface area contributed by atoms with Crippen LogP contribution in [0.3, 0.4) is 0 Å². The molecule has 0 saturated heterocycles. The fourth-order valence-electron chi connectivity index (χ4n) is 6.61. The zero-order valence-electron chi connectivity index (χ0n) is 7.57. The summed E-state index contributed by atoms with van der Waals surface area (Å²) in [7, 11) is 1.82. The molecule has 0 aromatic rings. The summed E-state index contributed by atoms with van der Waals surface area (Å²) in [5.41, 5.74) is 0.856. The molecule has 0 bridgehead atoms. The van der Waals surface area contributed by atoms with Crippen LogP contribution in [-0.2, 0) is 9.53 Å². The molecule has 0 heterocycles. The Kier molecular flexibility index (Phi) is 0.586. The summed E-state index contributed by atoms with van der Waals surface area (Å²) in [5, 5.41) is 0. The number of ether oxygens (including phenoxy) is 1. The monoisotopic (exact) mass is 176 g/mol. The molecule has 0 spiro atoms. The summed E-state index contributed by atoms with van der Waals surface area (Å²) in [4.78, 5) is 11.0. The maximum atomic E-state index is 11.0. The van der Waals surface area contributed by atoms with Gasteiger partial charge in [0.25, 0.3) is 0 Å². The quantitative estimate of drug-likeness (QED) is 0.588. The van der Waals surface area contributed by atoms with Crippen molar-refractivity contribution in [2.75, 3.05) is 13.7 Å². The molecule has 0 atom stereocenters. The Labute approximate surface area is 76.6 Å². The molecule has 0 N–H and O–H groups in total. The van der Waals surface area contributed by atoms with E-state index in [0.717, 1.165) is 42.1 Å². The fraction of sp³-hybridized carbons (Fsp3) is 0.909. The molecule has 2 nitrogen and oxygen atoms in total. The van der Waals surface area contributed by atoms with Gasteiger partial charge in [-0.15, -0.1) is 0 Å². The Balaban J connectivity index is 1.60. The Morgan fingerprint density at radius 2 is 1.69 bits per heavy atom. The van der Waals surface area contributed by atoms with E-state index in [1.54, 1.807) is 0 Å². The standard InChI is InChI=1S/C11H12O2/c1-13-3-11-7-4-8(11)6-9(11)5(7)10(4,6)2-12/h2,4-9H,3H2,1H3. The molecule has 0 aliphatic heterocycles. The highest BCUT2D eigenvalue weighted by Gasteiger charge is 3.09. The van der Waals surface area contributed by atoms with Crippen LogP contribution >= 0.6 is 0 Å². The molecule has 6 rings (SSSR count). The van der Waals surface area contributed by atoms with E-state index >= 15 is 0 Å². The summed E-state index contributed by atoms with van der Waals surface area (Å²) < 4.78 is 5.33. The molecule has 0 unspecified atom stereocenters. The highest BCUT2D eigenvalue weighted by molar-refractivity contribution is 5.77. The summed E-state index contributed by atoms with van der Waals surface area (Å²) in [6.07, 6.45) is 1.30. The lowest BCUT2D eigenvalue weighted by Gasteiger charge is -3.10. The highest BCUT2D eigenvalue weighted by atomic mass is 16.5. The summed E-state index contributed by atoms with van der Waals surface area (Å²) in [6, 6.07) is 0. The number of carbonyl (C=O) groups excluding carboxylic acids is 1. The number of rotatable bonds is 3. The molecule has 0 aromatic carbocycles. The minimum absolute atomic E-state index is 0.246. The predicted molar refractivity (Wildman–Crippen MR) is 43.7 cm³/mol. The zero-order chi connectivity index (χ0) is 8.59. The first-order valence-electron chi connectivity index (χ1n) is 5.31. The largest absolute Gasteiger partial charge is 0.384 e. The second-order valence-corrected chi connectivity index (χ2v) is 5.82. The van der Waals surface area contributed by atoms with Gasteiger partial charge in [-0.1, -0.05) is 0 Å². The molecule has 6 aliphatic carbocycles. The van der Waals surface area contributed by atoms with Crippen LogP contribution in [0.1, 0.15) is 0 Å². The first kappa shape index (κ1) is 6.18. The van der Waals surface area contributed by atoms with E-state index in [-0.39, 0.29) is 5.41 Å². The molecule has 6 fully saturated rings. The van der Waals surface area contributed by atoms with Crippen LogP contribution < -0.4 is 0 Å². The Hall–Kier alpha value is -0.370. The molecule has 0 radical (unpaired) electrons. The SMILES string of the molecule is COCC12C3C4C1C1C2C3C41C=O. The van der Waals surface area contributed by atoms with E-state index in [1.165, 1.54) is 6.29 Å². The van der Waals surface area contributed by atoms with Crippen LogP contribution in [0.5, 0.6) is 0 Å². The van der Waals surface area contributed by atoms with E-state index < -0.39 is 0 Å². The van der Waals surface area contributed by atoms with Gasteiger partial charge in [0.2, 0.25) is 0 Å². The summed E-state index contributed by atoms with van der Waals surface area (Å²) >= 11 is 0. The maximum absolute atomic E-state index is 11.0. The molecule has 68 valence electrons. The minimum atomic E-state index is 0.246. The van der Waals surface area contributed by atoms with Crippen LogP contribution in [0.25, 0.3) is 0 Å². The van der Waals surface area contributed by atoms with Crippen molar-refractivity contribution >= 4 is 6.29 Å². The van der Waals surface area contributed by atoms with Crippen molar-refractivity contribution in [1.29, 1.82) is 0 Å². The molecule has 2 heteroatoms. The summed E-state index contributed by atoms with van der Waals surface area (Å²) in [5.74, 6) is 5.20. The predicted octanol–water partition coefficient (Wildman–Crippen LogP) is 0.570. The normalized spacial score (nSPS) is 82.2. The molecule has 0 aromatic heterocycles. The first-order chi connectivity index (χ1) is 6.35. The van der Waals surface area contributed by atoms with Gasteiger partial charge in [0, 0.05) is 17.9 Å². The average molecular weight is 176 g/mol. The maximum Gasteiger partial charge on any atom is 0.127 e. The third-order valence-electron chi connectivity index (χ3n) is 6.51. The van der Waals surface area contributed by atoms with Gasteiger partial charge in [-0.3, -0.25) is 0 Å². The van der Waals surface area contributed by atoms with Gasteiger partial charge in [-0.25, -0.2) is 0 Å². The van der Waals surface area contributed by atoms with Crippen molar-refractivity contribution in [3.05, 3.63) is 0 Å². The van der Waals surface area contributed by atoms with Crippen LogP contribution in [0.15, 0.2) is 0 Å². The lowest BCUT2D eigenvalue weighted by molar-refractivity contribution is -0.642. The van der Waals surface area contributed by atoms with Crippen LogP contribution in [0, 0.1) is 46.3 Å². The van der Waals surface area contributed by atoms with Crippen molar-refractivity contribution in [2.24, 2.45) is 46.3 Å². The molecule has 0 amide bonds.